The van der Waals surface area contributed by atoms with Crippen LogP contribution < -0.4 is 9.62 Å². The predicted molar refractivity (Wildman–Crippen MR) is 93.1 cm³/mol. The molecule has 2 rings (SSSR count). The van der Waals surface area contributed by atoms with Crippen LogP contribution >= 0.6 is 23.2 Å². The molecule has 10 heteroatoms. The standard InChI is InChI=1S/C14H15Cl2N3O4S/c1-9-8-12(18-23-9)17-13(20)6-7-19(24(2,21)22)11-5-3-4-10(15)14(11)16/h3-5,8H,6-7H2,1-2H3,(H,17,18,20). The van der Waals surface area contributed by atoms with Gasteiger partial charge < -0.3 is 9.84 Å². The van der Waals surface area contributed by atoms with Gasteiger partial charge in [-0.25, -0.2) is 8.42 Å². The van der Waals surface area contributed by atoms with E-state index < -0.39 is 15.9 Å². The number of amides is 1. The third kappa shape index (κ3) is 4.62. The van der Waals surface area contributed by atoms with Gasteiger partial charge in [-0.15, -0.1) is 0 Å². The van der Waals surface area contributed by atoms with E-state index in [0.29, 0.717) is 5.76 Å². The van der Waals surface area contributed by atoms with E-state index in [4.69, 9.17) is 27.7 Å². The second kappa shape index (κ2) is 7.42. The Morgan fingerprint density at radius 2 is 2.08 bits per heavy atom. The molecule has 0 saturated heterocycles. The number of anilines is 2. The first-order valence-corrected chi connectivity index (χ1v) is 9.44. The molecule has 0 fully saturated rings. The highest BCUT2D eigenvalue weighted by Gasteiger charge is 2.22. The van der Waals surface area contributed by atoms with Crippen molar-refractivity contribution in [1.82, 2.24) is 5.16 Å². The molecule has 1 N–H and O–H groups in total. The molecule has 0 aliphatic heterocycles. The van der Waals surface area contributed by atoms with Crippen LogP contribution in [0, 0.1) is 6.92 Å². The van der Waals surface area contributed by atoms with Crippen LogP contribution in [0.25, 0.3) is 0 Å². The van der Waals surface area contributed by atoms with Crippen LogP contribution in [0.15, 0.2) is 28.8 Å². The Labute approximate surface area is 149 Å². The van der Waals surface area contributed by atoms with Crippen LogP contribution in [0.4, 0.5) is 11.5 Å². The summed E-state index contributed by atoms with van der Waals surface area (Å²) in [6.45, 7) is 1.59. The van der Waals surface area contributed by atoms with Crippen molar-refractivity contribution < 1.29 is 17.7 Å². The summed E-state index contributed by atoms with van der Waals surface area (Å²) in [5.41, 5.74) is 0.219. The number of nitrogens with one attached hydrogen (secondary N) is 1. The van der Waals surface area contributed by atoms with E-state index in [1.54, 1.807) is 25.1 Å². The number of rotatable bonds is 6. The zero-order valence-corrected chi connectivity index (χ0v) is 15.2. The van der Waals surface area contributed by atoms with Gasteiger partial charge in [-0.2, -0.15) is 0 Å². The van der Waals surface area contributed by atoms with E-state index in [1.165, 1.54) is 6.07 Å². The van der Waals surface area contributed by atoms with Gasteiger partial charge in [0.1, 0.15) is 5.76 Å². The molecule has 0 aliphatic rings. The third-order valence-electron chi connectivity index (χ3n) is 3.04. The van der Waals surface area contributed by atoms with Gasteiger partial charge in [-0.1, -0.05) is 34.4 Å². The Morgan fingerprint density at radius 1 is 1.38 bits per heavy atom. The summed E-state index contributed by atoms with van der Waals surface area (Å²) >= 11 is 12.0. The summed E-state index contributed by atoms with van der Waals surface area (Å²) in [5.74, 6) is 0.410. The smallest absolute Gasteiger partial charge is 0.232 e. The second-order valence-corrected chi connectivity index (χ2v) is 7.72. The molecule has 1 aromatic carbocycles. The Bertz CT molecular complexity index is 851. The summed E-state index contributed by atoms with van der Waals surface area (Å²) in [7, 11) is -3.65. The van der Waals surface area contributed by atoms with Crippen LogP contribution in [0.5, 0.6) is 0 Å². The highest BCUT2D eigenvalue weighted by atomic mass is 35.5. The number of carbonyl (C=O) groups excluding carboxylic acids is 1. The van der Waals surface area contributed by atoms with Gasteiger partial charge in [0.25, 0.3) is 0 Å². The molecule has 0 bridgehead atoms. The van der Waals surface area contributed by atoms with E-state index in [-0.39, 0.29) is 34.5 Å². The van der Waals surface area contributed by atoms with Crippen molar-refractivity contribution in [3.63, 3.8) is 0 Å². The summed E-state index contributed by atoms with van der Waals surface area (Å²) in [6, 6.07) is 6.21. The molecule has 0 aliphatic carbocycles. The lowest BCUT2D eigenvalue weighted by atomic mass is 10.3. The SMILES string of the molecule is Cc1cc(NC(=O)CCN(c2cccc(Cl)c2Cl)S(C)(=O)=O)no1. The van der Waals surface area contributed by atoms with E-state index in [9.17, 15) is 13.2 Å². The van der Waals surface area contributed by atoms with Gasteiger partial charge in [0.15, 0.2) is 5.82 Å². The van der Waals surface area contributed by atoms with E-state index >= 15 is 0 Å². The molecule has 2 aromatic rings. The molecule has 7 nitrogen and oxygen atoms in total. The van der Waals surface area contributed by atoms with Gasteiger partial charge in [-0.05, 0) is 19.1 Å². The van der Waals surface area contributed by atoms with Crippen LogP contribution in [0.2, 0.25) is 10.0 Å². The van der Waals surface area contributed by atoms with Crippen LogP contribution in [0.3, 0.4) is 0 Å². The normalized spacial score (nSPS) is 11.3. The maximum atomic E-state index is 12.0. The van der Waals surface area contributed by atoms with Crippen molar-refractivity contribution in [2.45, 2.75) is 13.3 Å². The van der Waals surface area contributed by atoms with Crippen LogP contribution in [-0.2, 0) is 14.8 Å². The number of carbonyl (C=O) groups is 1. The molecular formula is C14H15Cl2N3O4S. The number of nitrogens with zero attached hydrogens (tertiary/aromatic N) is 2. The molecule has 1 heterocycles. The highest BCUT2D eigenvalue weighted by Crippen LogP contribution is 2.33. The topological polar surface area (TPSA) is 92.5 Å². The minimum atomic E-state index is -3.65. The number of hydrogen-bond acceptors (Lipinski definition) is 5. The van der Waals surface area contributed by atoms with Gasteiger partial charge in [0.2, 0.25) is 15.9 Å². The van der Waals surface area contributed by atoms with Crippen LogP contribution in [-0.4, -0.2) is 32.3 Å². The molecular weight excluding hydrogens is 377 g/mol. The number of halogens is 2. The van der Waals surface area contributed by atoms with Crippen molar-refractivity contribution in [3.8, 4) is 0 Å². The van der Waals surface area contributed by atoms with Crippen molar-refractivity contribution >= 4 is 50.6 Å². The van der Waals surface area contributed by atoms with Gasteiger partial charge in [0, 0.05) is 19.0 Å². The molecule has 0 radical (unpaired) electrons. The van der Waals surface area contributed by atoms with Crippen molar-refractivity contribution in [3.05, 3.63) is 40.1 Å². The fourth-order valence-electron chi connectivity index (χ4n) is 1.98. The zero-order valence-electron chi connectivity index (χ0n) is 12.9. The number of hydrogen-bond donors (Lipinski definition) is 1. The largest absolute Gasteiger partial charge is 0.360 e. The fraction of sp³-hybridized carbons (Fsp3) is 0.286. The van der Waals surface area contributed by atoms with Crippen molar-refractivity contribution in [2.24, 2.45) is 0 Å². The molecule has 0 unspecified atom stereocenters. The van der Waals surface area contributed by atoms with Gasteiger partial charge >= 0.3 is 0 Å². The Balaban J connectivity index is 2.13. The van der Waals surface area contributed by atoms with Crippen molar-refractivity contribution in [1.29, 1.82) is 0 Å². The minimum absolute atomic E-state index is 0.0954. The first-order chi connectivity index (χ1) is 11.2. The molecule has 0 spiro atoms. The quantitative estimate of drug-likeness (QED) is 0.816. The lowest BCUT2D eigenvalue weighted by molar-refractivity contribution is -0.116. The van der Waals surface area contributed by atoms with Gasteiger partial charge in [0.05, 0.1) is 22.0 Å². The number of sulfonamides is 1. The molecule has 0 saturated carbocycles. The van der Waals surface area contributed by atoms with Crippen LogP contribution in [0.1, 0.15) is 12.2 Å². The third-order valence-corrected chi connectivity index (χ3v) is 5.03. The lowest BCUT2D eigenvalue weighted by Gasteiger charge is -2.23. The van der Waals surface area contributed by atoms with Gasteiger partial charge in [-0.3, -0.25) is 9.10 Å². The second-order valence-electron chi connectivity index (χ2n) is 5.03. The first-order valence-electron chi connectivity index (χ1n) is 6.83. The molecule has 0 atom stereocenters. The average Bonchev–Trinajstić information content (AvgIpc) is 2.87. The maximum absolute atomic E-state index is 12.0. The average molecular weight is 392 g/mol. The first kappa shape index (κ1) is 18.6. The van der Waals surface area contributed by atoms with E-state index in [1.807, 2.05) is 0 Å². The zero-order chi connectivity index (χ0) is 17.9. The Morgan fingerprint density at radius 3 is 2.67 bits per heavy atom. The Kier molecular flexibility index (Phi) is 5.74. The monoisotopic (exact) mass is 391 g/mol. The number of benzene rings is 1. The summed E-state index contributed by atoms with van der Waals surface area (Å²) < 4.78 is 29.9. The summed E-state index contributed by atoms with van der Waals surface area (Å²) in [4.78, 5) is 12.0. The maximum Gasteiger partial charge on any atom is 0.232 e. The summed E-state index contributed by atoms with van der Waals surface area (Å²) in [5, 5.41) is 6.50. The fourth-order valence-corrected chi connectivity index (χ4v) is 3.36. The number of aromatic nitrogens is 1. The summed E-state index contributed by atoms with van der Waals surface area (Å²) in [6.07, 6.45) is 0.935. The molecule has 1 amide bonds. The lowest BCUT2D eigenvalue weighted by Crippen LogP contribution is -2.33. The molecule has 130 valence electrons. The minimum Gasteiger partial charge on any atom is -0.360 e. The molecule has 1 aromatic heterocycles. The highest BCUT2D eigenvalue weighted by molar-refractivity contribution is 7.92. The van der Waals surface area contributed by atoms with E-state index in [0.717, 1.165) is 10.6 Å². The molecule has 24 heavy (non-hydrogen) atoms. The number of aryl methyl sites for hydroxylation is 1. The predicted octanol–water partition coefficient (Wildman–Crippen LogP) is 3.08. The van der Waals surface area contributed by atoms with Crippen molar-refractivity contribution in [2.75, 3.05) is 22.4 Å². The Hall–Kier alpha value is -1.77. The van der Waals surface area contributed by atoms with E-state index in [2.05, 4.69) is 10.5 Å².